The number of ether oxygens (including phenoxy) is 1. The summed E-state index contributed by atoms with van der Waals surface area (Å²) in [7, 11) is 3.09. The number of aromatic nitrogens is 5. The van der Waals surface area contributed by atoms with Crippen LogP contribution in [0.5, 0.6) is 0 Å². The van der Waals surface area contributed by atoms with E-state index >= 15 is 0 Å². The smallest absolute Gasteiger partial charge is 0.332 e. The largest absolute Gasteiger partial charge is 0.466 e. The van der Waals surface area contributed by atoms with Gasteiger partial charge in [0.05, 0.1) is 23.3 Å². The number of fused-ring (bicyclic) bond motifs is 3. The van der Waals surface area contributed by atoms with Crippen LogP contribution in [-0.2, 0) is 30.2 Å². The summed E-state index contributed by atoms with van der Waals surface area (Å²) in [4.78, 5) is 67.7. The Hall–Kier alpha value is -5.13. The van der Waals surface area contributed by atoms with E-state index in [0.29, 0.717) is 40.8 Å². The Morgan fingerprint density at radius 1 is 1.02 bits per heavy atom. The number of unbranched alkanes of at least 4 members (excludes halogenated alkanes) is 1. The lowest BCUT2D eigenvalue weighted by atomic mass is 9.99. The van der Waals surface area contributed by atoms with Gasteiger partial charge in [-0.15, -0.1) is 0 Å². The van der Waals surface area contributed by atoms with Gasteiger partial charge in [0.15, 0.2) is 0 Å². The van der Waals surface area contributed by atoms with Gasteiger partial charge in [-0.3, -0.25) is 37.6 Å². The van der Waals surface area contributed by atoms with E-state index in [2.05, 4.69) is 10.3 Å². The molecule has 0 unspecified atom stereocenters. The second-order valence-electron chi connectivity index (χ2n) is 11.4. The maximum atomic E-state index is 13.9. The summed E-state index contributed by atoms with van der Waals surface area (Å²) < 4.78 is 10.8. The van der Waals surface area contributed by atoms with Gasteiger partial charge in [0.1, 0.15) is 11.5 Å². The first-order valence-electron chi connectivity index (χ1n) is 15.1. The van der Waals surface area contributed by atoms with Crippen LogP contribution in [0.15, 0.2) is 61.7 Å². The lowest BCUT2D eigenvalue weighted by Crippen LogP contribution is -2.39. The average molecular weight is 615 g/mol. The molecule has 3 aromatic heterocycles. The van der Waals surface area contributed by atoms with Crippen LogP contribution in [0, 0.1) is 5.92 Å². The molecule has 1 aromatic carbocycles. The summed E-state index contributed by atoms with van der Waals surface area (Å²) in [5.74, 6) is -0.772. The predicted octanol–water partition coefficient (Wildman–Crippen LogP) is 3.11. The normalized spacial score (nSPS) is 14.7. The molecule has 2 N–H and O–H groups in total. The molecule has 0 radical (unpaired) electrons. The molecule has 236 valence electrons. The fourth-order valence-electron chi connectivity index (χ4n) is 5.67. The molecule has 1 aliphatic rings. The number of benzene rings is 1. The molecule has 45 heavy (non-hydrogen) atoms. The minimum absolute atomic E-state index is 0.0998. The van der Waals surface area contributed by atoms with Crippen molar-refractivity contribution in [3.05, 3.63) is 101 Å². The van der Waals surface area contributed by atoms with E-state index < -0.39 is 28.4 Å². The first-order chi connectivity index (χ1) is 21.5. The van der Waals surface area contributed by atoms with Crippen molar-refractivity contribution in [2.45, 2.75) is 46.1 Å². The molecule has 0 fully saturated rings. The number of carbonyl (C=O) groups is 1. The maximum absolute atomic E-state index is 13.9. The van der Waals surface area contributed by atoms with Gasteiger partial charge in [-0.25, -0.2) is 9.59 Å². The topological polar surface area (TPSA) is 142 Å². The number of para-hydroxylation sites is 1. The summed E-state index contributed by atoms with van der Waals surface area (Å²) in [6.07, 6.45) is 8.81. The highest BCUT2D eigenvalue weighted by Crippen LogP contribution is 2.34. The minimum Gasteiger partial charge on any atom is -0.466 e. The van der Waals surface area contributed by atoms with Gasteiger partial charge in [0.25, 0.3) is 11.1 Å². The van der Waals surface area contributed by atoms with Crippen molar-refractivity contribution in [2.24, 2.45) is 20.0 Å². The first kappa shape index (κ1) is 31.3. The number of carbonyl (C=O) groups excluding carboxylic acids is 1. The molecule has 0 amide bonds. The Bertz CT molecular complexity index is 2060. The van der Waals surface area contributed by atoms with Crippen molar-refractivity contribution in [2.75, 3.05) is 18.5 Å². The zero-order valence-electron chi connectivity index (χ0n) is 26.1. The van der Waals surface area contributed by atoms with E-state index in [9.17, 15) is 24.0 Å². The zero-order valence-corrected chi connectivity index (χ0v) is 26.1. The molecule has 5 rings (SSSR count). The molecule has 0 bridgehead atoms. The number of allylic oxidation sites excluding steroid dienone is 2. The highest BCUT2D eigenvalue weighted by atomic mass is 16.5. The van der Waals surface area contributed by atoms with E-state index in [0.717, 1.165) is 16.7 Å². The number of H-pyrrole nitrogens is 1. The van der Waals surface area contributed by atoms with Gasteiger partial charge in [-0.1, -0.05) is 56.7 Å². The Balaban J connectivity index is 1.68. The second kappa shape index (κ2) is 12.8. The SMILES string of the molecule is CCCCn1c(=O)[nH]c(NC[C@@H](C)COC(C)=O)c([C@@H]2C=Cc3c(n(-c4ccccc4)c4c3c(=O)n(C)c(=O)n4C)C=C2)c1=O. The summed E-state index contributed by atoms with van der Waals surface area (Å²) in [5, 5.41) is 3.58. The van der Waals surface area contributed by atoms with Crippen LogP contribution in [0.2, 0.25) is 0 Å². The number of hydrogen-bond acceptors (Lipinski definition) is 7. The van der Waals surface area contributed by atoms with Crippen molar-refractivity contribution < 1.29 is 9.53 Å². The third-order valence-corrected chi connectivity index (χ3v) is 8.07. The average Bonchev–Trinajstić information content (AvgIpc) is 3.21. The lowest BCUT2D eigenvalue weighted by Gasteiger charge is -2.19. The van der Waals surface area contributed by atoms with E-state index in [4.69, 9.17) is 4.74 Å². The number of aromatic amines is 1. The lowest BCUT2D eigenvalue weighted by molar-refractivity contribution is -0.142. The van der Waals surface area contributed by atoms with Gasteiger partial charge in [-0.05, 0) is 24.6 Å². The standard InChI is InChI=1S/C33H38N6O6/c1-6-7-17-38-31(42)26(28(35-32(38)43)34-18-20(2)19-45-21(3)40)22-13-15-24-25(16-14-22)39(23-11-9-8-10-12-23)29-27(24)30(41)37(5)33(44)36(29)4/h8-16,20,22,34H,6-7,17-19H2,1-5H3,(H,35,43)/t20-,22-/m1/s1. The minimum atomic E-state index is -0.573. The van der Waals surface area contributed by atoms with E-state index in [1.54, 1.807) is 7.05 Å². The molecule has 0 saturated carbocycles. The van der Waals surface area contributed by atoms with Crippen LogP contribution in [-0.4, -0.2) is 42.4 Å². The fourth-order valence-corrected chi connectivity index (χ4v) is 5.67. The highest BCUT2D eigenvalue weighted by Gasteiger charge is 2.26. The van der Waals surface area contributed by atoms with Gasteiger partial charge in [-0.2, -0.15) is 0 Å². The quantitative estimate of drug-likeness (QED) is 0.262. The van der Waals surface area contributed by atoms with Crippen molar-refractivity contribution in [1.82, 2.24) is 23.3 Å². The Morgan fingerprint density at radius 2 is 1.73 bits per heavy atom. The maximum Gasteiger partial charge on any atom is 0.332 e. The monoisotopic (exact) mass is 614 g/mol. The van der Waals surface area contributed by atoms with Crippen LogP contribution in [0.25, 0.3) is 28.9 Å². The molecule has 0 saturated heterocycles. The predicted molar refractivity (Wildman–Crippen MR) is 175 cm³/mol. The molecule has 12 heteroatoms. The van der Waals surface area contributed by atoms with Gasteiger partial charge >= 0.3 is 17.3 Å². The summed E-state index contributed by atoms with van der Waals surface area (Å²) >= 11 is 0. The molecule has 0 spiro atoms. The third-order valence-electron chi connectivity index (χ3n) is 8.07. The molecule has 3 heterocycles. The van der Waals surface area contributed by atoms with Crippen molar-refractivity contribution in [3.8, 4) is 5.69 Å². The molecule has 0 aliphatic heterocycles. The number of esters is 1. The van der Waals surface area contributed by atoms with E-state index in [-0.39, 0.29) is 30.9 Å². The fraction of sp³-hybridized carbons (Fsp3) is 0.364. The molecule has 12 nitrogen and oxygen atoms in total. The summed E-state index contributed by atoms with van der Waals surface area (Å²) in [6.45, 7) is 6.01. The second-order valence-corrected chi connectivity index (χ2v) is 11.4. The molecule has 4 aromatic rings. The first-order valence-corrected chi connectivity index (χ1v) is 15.1. The number of hydrogen-bond donors (Lipinski definition) is 2. The van der Waals surface area contributed by atoms with Gasteiger partial charge < -0.3 is 10.1 Å². The number of rotatable bonds is 10. The summed E-state index contributed by atoms with van der Waals surface area (Å²) in [6, 6.07) is 9.44. The van der Waals surface area contributed by atoms with Crippen LogP contribution in [0.1, 0.15) is 56.4 Å². The highest BCUT2D eigenvalue weighted by molar-refractivity contribution is 5.94. The summed E-state index contributed by atoms with van der Waals surface area (Å²) in [5.41, 5.74) is 1.07. The number of anilines is 1. The van der Waals surface area contributed by atoms with Crippen LogP contribution >= 0.6 is 0 Å². The van der Waals surface area contributed by atoms with E-state index in [1.807, 2.05) is 73.1 Å². The molecule has 1 aliphatic carbocycles. The Labute approximate surface area is 258 Å². The molecule has 2 atom stereocenters. The Morgan fingerprint density at radius 3 is 2.42 bits per heavy atom. The van der Waals surface area contributed by atoms with Crippen molar-refractivity contribution >= 4 is 35.0 Å². The van der Waals surface area contributed by atoms with Crippen LogP contribution < -0.4 is 27.8 Å². The zero-order chi connectivity index (χ0) is 32.4. The molecular weight excluding hydrogens is 576 g/mol. The third kappa shape index (κ3) is 5.87. The van der Waals surface area contributed by atoms with Crippen molar-refractivity contribution in [3.63, 3.8) is 0 Å². The Kier molecular flexibility index (Phi) is 8.94. The number of nitrogens with one attached hydrogen (secondary N) is 2. The number of aryl methyl sites for hydroxylation is 1. The van der Waals surface area contributed by atoms with Crippen molar-refractivity contribution in [1.29, 1.82) is 0 Å². The molecular formula is C33H38N6O6. The van der Waals surface area contributed by atoms with Gasteiger partial charge in [0, 0.05) is 57.2 Å². The van der Waals surface area contributed by atoms with E-state index in [1.165, 1.54) is 23.1 Å². The van der Waals surface area contributed by atoms with Crippen LogP contribution in [0.4, 0.5) is 5.82 Å². The number of nitrogens with zero attached hydrogens (tertiary/aromatic N) is 4. The van der Waals surface area contributed by atoms with Gasteiger partial charge in [0.2, 0.25) is 0 Å². The van der Waals surface area contributed by atoms with Crippen LogP contribution in [0.3, 0.4) is 0 Å².